The van der Waals surface area contributed by atoms with Crippen LogP contribution in [0.5, 0.6) is 0 Å². The molecule has 0 aliphatic carbocycles. The first-order valence-corrected chi connectivity index (χ1v) is 11.1. The van der Waals surface area contributed by atoms with Crippen molar-refractivity contribution in [3.05, 3.63) is 53.4 Å². The van der Waals surface area contributed by atoms with Gasteiger partial charge in [0.1, 0.15) is 11.6 Å². The van der Waals surface area contributed by atoms with E-state index in [1.54, 1.807) is 12.1 Å². The van der Waals surface area contributed by atoms with Crippen LogP contribution in [0, 0.1) is 12.7 Å². The predicted molar refractivity (Wildman–Crippen MR) is 116 cm³/mol. The Morgan fingerprint density at radius 2 is 1.73 bits per heavy atom. The maximum absolute atomic E-state index is 13.4. The minimum Gasteiger partial charge on any atom is -0.311 e. The number of hydrogen-bond donors (Lipinski definition) is 0. The van der Waals surface area contributed by atoms with Gasteiger partial charge in [-0.3, -0.25) is 9.58 Å². The molecule has 1 aliphatic rings. The Hall–Kier alpha value is -2.54. The van der Waals surface area contributed by atoms with Crippen LogP contribution in [0.15, 0.2) is 30.5 Å². The normalized spacial score (nSPS) is 16.2. The Bertz CT molecular complexity index is 959. The fourth-order valence-electron chi connectivity index (χ4n) is 4.25. The molecule has 30 heavy (non-hydrogen) atoms. The lowest BCUT2D eigenvalue weighted by molar-refractivity contribution is 0.260. The van der Waals surface area contributed by atoms with E-state index in [2.05, 4.69) is 43.3 Å². The molecule has 3 heterocycles. The first-order valence-electron chi connectivity index (χ1n) is 11.1. The topological polar surface area (TPSA) is 51.8 Å². The van der Waals surface area contributed by atoms with Crippen LogP contribution < -0.4 is 0 Å². The maximum atomic E-state index is 13.4. The summed E-state index contributed by atoms with van der Waals surface area (Å²) in [5.41, 5.74) is 3.48. The van der Waals surface area contributed by atoms with Crippen molar-refractivity contribution in [2.75, 3.05) is 13.1 Å². The molecule has 0 atom stereocenters. The van der Waals surface area contributed by atoms with Crippen LogP contribution in [0.4, 0.5) is 4.39 Å². The second-order valence-electron chi connectivity index (χ2n) is 8.11. The Balaban J connectivity index is 1.54. The number of aryl methyl sites for hydroxylation is 1. The molecule has 0 radical (unpaired) electrons. The average Bonchev–Trinajstić information content (AvgIpc) is 3.30. The van der Waals surface area contributed by atoms with E-state index in [4.69, 9.17) is 0 Å². The summed E-state index contributed by atoms with van der Waals surface area (Å²) < 4.78 is 17.6. The molecule has 0 spiro atoms. The summed E-state index contributed by atoms with van der Waals surface area (Å²) >= 11 is 0. The number of hydrogen-bond acceptors (Lipinski definition) is 4. The summed E-state index contributed by atoms with van der Waals surface area (Å²) in [7, 11) is 0. The first kappa shape index (κ1) is 20.7. The summed E-state index contributed by atoms with van der Waals surface area (Å²) in [6.07, 6.45) is 7.62. The molecule has 4 rings (SSSR count). The van der Waals surface area contributed by atoms with E-state index < -0.39 is 0 Å². The summed E-state index contributed by atoms with van der Waals surface area (Å²) in [5.74, 6) is 1.63. The molecule has 0 bridgehead atoms. The summed E-state index contributed by atoms with van der Waals surface area (Å²) in [6.45, 7) is 9.06. The van der Waals surface area contributed by atoms with Crippen molar-refractivity contribution in [3.63, 3.8) is 0 Å². The highest BCUT2D eigenvalue weighted by molar-refractivity contribution is 5.55. The fourth-order valence-corrected chi connectivity index (χ4v) is 4.25. The van der Waals surface area contributed by atoms with Gasteiger partial charge in [0, 0.05) is 49.4 Å². The lowest BCUT2D eigenvalue weighted by atomic mass is 10.1. The molecule has 160 valence electrons. The molecule has 0 saturated carbocycles. The van der Waals surface area contributed by atoms with E-state index in [1.165, 1.54) is 42.7 Å². The molecule has 0 saturated heterocycles. The zero-order valence-corrected chi connectivity index (χ0v) is 18.0. The third-order valence-electron chi connectivity index (χ3n) is 6.09. The van der Waals surface area contributed by atoms with E-state index in [-0.39, 0.29) is 5.82 Å². The molecule has 6 nitrogen and oxygen atoms in total. The molecule has 2 aromatic heterocycles. The van der Waals surface area contributed by atoms with E-state index >= 15 is 0 Å². The van der Waals surface area contributed by atoms with Crippen molar-refractivity contribution >= 4 is 0 Å². The molecule has 0 N–H and O–H groups in total. The second-order valence-corrected chi connectivity index (χ2v) is 8.11. The van der Waals surface area contributed by atoms with Gasteiger partial charge in [-0.25, -0.2) is 4.39 Å². The van der Waals surface area contributed by atoms with Crippen molar-refractivity contribution in [2.45, 2.75) is 65.6 Å². The highest BCUT2D eigenvalue weighted by atomic mass is 19.1. The summed E-state index contributed by atoms with van der Waals surface area (Å²) in [6, 6.07) is 6.56. The van der Waals surface area contributed by atoms with Gasteiger partial charge in [-0.1, -0.05) is 12.8 Å². The molecule has 1 aliphatic heterocycles. The number of halogens is 1. The number of fused-ring (bicyclic) bond motifs is 1. The molecule has 0 unspecified atom stereocenters. The van der Waals surface area contributed by atoms with Gasteiger partial charge in [0.05, 0.1) is 6.20 Å². The Labute approximate surface area is 177 Å². The SMILES string of the molecule is CCn1ncc(CN2CCCCCCn3c(nnc3-c3ccc(F)cc3)CC2)c1C. The lowest BCUT2D eigenvalue weighted by Crippen LogP contribution is -2.27. The van der Waals surface area contributed by atoms with Crippen molar-refractivity contribution in [3.8, 4) is 11.4 Å². The smallest absolute Gasteiger partial charge is 0.163 e. The standard InChI is InChI=1S/C23H31FN6/c1-3-30-18(2)20(16-25-30)17-28-13-6-4-5-7-14-29-22(12-15-28)26-27-23(29)19-8-10-21(24)11-9-19/h8-11,16H,3-7,12-15,17H2,1-2H3. The third kappa shape index (κ3) is 4.61. The Morgan fingerprint density at radius 3 is 2.47 bits per heavy atom. The Kier molecular flexibility index (Phi) is 6.57. The summed E-state index contributed by atoms with van der Waals surface area (Å²) in [4.78, 5) is 2.52. The quantitative estimate of drug-likeness (QED) is 0.646. The highest BCUT2D eigenvalue weighted by Crippen LogP contribution is 2.21. The van der Waals surface area contributed by atoms with Crippen LogP contribution >= 0.6 is 0 Å². The van der Waals surface area contributed by atoms with Gasteiger partial charge in [0.25, 0.3) is 0 Å². The fraction of sp³-hybridized carbons (Fsp3) is 0.522. The first-order chi connectivity index (χ1) is 14.7. The van der Waals surface area contributed by atoms with Gasteiger partial charge in [0.2, 0.25) is 0 Å². The van der Waals surface area contributed by atoms with Gasteiger partial charge in [-0.15, -0.1) is 10.2 Å². The van der Waals surface area contributed by atoms with E-state index in [9.17, 15) is 4.39 Å². The van der Waals surface area contributed by atoms with Crippen molar-refractivity contribution in [1.82, 2.24) is 29.4 Å². The van der Waals surface area contributed by atoms with Crippen LogP contribution in [0.1, 0.15) is 49.7 Å². The third-order valence-corrected chi connectivity index (χ3v) is 6.09. The monoisotopic (exact) mass is 410 g/mol. The van der Waals surface area contributed by atoms with Gasteiger partial charge in [-0.05, 0) is 57.5 Å². The molecule has 0 fully saturated rings. The van der Waals surface area contributed by atoms with Gasteiger partial charge < -0.3 is 4.57 Å². The molecule has 0 amide bonds. The number of nitrogens with zero attached hydrogens (tertiary/aromatic N) is 6. The second kappa shape index (κ2) is 9.51. The minimum atomic E-state index is -0.228. The van der Waals surface area contributed by atoms with Crippen LogP contribution in [-0.2, 0) is 26.1 Å². The zero-order valence-electron chi connectivity index (χ0n) is 18.0. The molecular formula is C23H31FN6. The average molecular weight is 411 g/mol. The van der Waals surface area contributed by atoms with Crippen LogP contribution in [-0.4, -0.2) is 42.5 Å². The highest BCUT2D eigenvalue weighted by Gasteiger charge is 2.17. The van der Waals surface area contributed by atoms with Crippen molar-refractivity contribution in [2.24, 2.45) is 0 Å². The maximum Gasteiger partial charge on any atom is 0.163 e. The lowest BCUT2D eigenvalue weighted by Gasteiger charge is -2.22. The van der Waals surface area contributed by atoms with E-state index in [0.717, 1.165) is 62.8 Å². The van der Waals surface area contributed by atoms with Crippen molar-refractivity contribution in [1.29, 1.82) is 0 Å². The molecule has 1 aromatic carbocycles. The summed E-state index contributed by atoms with van der Waals surface area (Å²) in [5, 5.41) is 13.5. The van der Waals surface area contributed by atoms with Gasteiger partial charge >= 0.3 is 0 Å². The van der Waals surface area contributed by atoms with Crippen LogP contribution in [0.3, 0.4) is 0 Å². The number of rotatable bonds is 4. The van der Waals surface area contributed by atoms with Crippen molar-refractivity contribution < 1.29 is 4.39 Å². The minimum absolute atomic E-state index is 0.228. The molecular weight excluding hydrogens is 379 g/mol. The number of benzene rings is 1. The molecule has 3 aromatic rings. The van der Waals surface area contributed by atoms with Gasteiger partial charge in [-0.2, -0.15) is 5.10 Å². The van der Waals surface area contributed by atoms with Gasteiger partial charge in [0.15, 0.2) is 5.82 Å². The Morgan fingerprint density at radius 1 is 0.967 bits per heavy atom. The largest absolute Gasteiger partial charge is 0.311 e. The van der Waals surface area contributed by atoms with E-state index in [1.807, 2.05) is 6.20 Å². The predicted octanol–water partition coefficient (Wildman–Crippen LogP) is 4.23. The molecule has 7 heteroatoms. The van der Waals surface area contributed by atoms with Crippen LogP contribution in [0.25, 0.3) is 11.4 Å². The van der Waals surface area contributed by atoms with E-state index in [0.29, 0.717) is 0 Å². The zero-order chi connectivity index (χ0) is 20.9. The number of aromatic nitrogens is 5. The van der Waals surface area contributed by atoms with Crippen LogP contribution in [0.2, 0.25) is 0 Å².